The Bertz CT molecular complexity index is 1090. The minimum absolute atomic E-state index is 0.194. The number of carbonyl (C=O) groups is 2. The molecule has 2 aromatic rings. The summed E-state index contributed by atoms with van der Waals surface area (Å²) < 4.78 is 69.4. The second-order valence-electron chi connectivity index (χ2n) is 7.64. The van der Waals surface area contributed by atoms with Crippen LogP contribution in [0.25, 0.3) is 0 Å². The van der Waals surface area contributed by atoms with Gasteiger partial charge in [-0.3, -0.25) is 0 Å². The molecule has 12 nitrogen and oxygen atoms in total. The van der Waals surface area contributed by atoms with Gasteiger partial charge in [0.1, 0.15) is 6.07 Å². The summed E-state index contributed by atoms with van der Waals surface area (Å²) in [6, 6.07) is 3.74. The first-order valence-electron chi connectivity index (χ1n) is 10.4. The van der Waals surface area contributed by atoms with Crippen LogP contribution in [0.5, 0.6) is 0 Å². The highest BCUT2D eigenvalue weighted by atomic mass is 19.4. The summed E-state index contributed by atoms with van der Waals surface area (Å²) in [5.41, 5.74) is 0.935. The van der Waals surface area contributed by atoms with Crippen molar-refractivity contribution in [3.63, 3.8) is 0 Å². The van der Waals surface area contributed by atoms with Gasteiger partial charge in [-0.2, -0.15) is 31.6 Å². The van der Waals surface area contributed by atoms with E-state index in [0.29, 0.717) is 17.8 Å². The van der Waals surface area contributed by atoms with Crippen LogP contribution in [-0.4, -0.2) is 86.8 Å². The highest BCUT2D eigenvalue weighted by Gasteiger charge is 2.44. The molecule has 206 valence electrons. The van der Waals surface area contributed by atoms with Gasteiger partial charge in [0.25, 0.3) is 0 Å². The van der Waals surface area contributed by atoms with Crippen LogP contribution in [0, 0.1) is 23.2 Å². The first kappa shape index (κ1) is 30.0. The fraction of sp³-hybridized carbons (Fsp3) is 0.450. The number of aliphatic carboxylic acids is 2. The third-order valence-electron chi connectivity index (χ3n) is 5.12. The van der Waals surface area contributed by atoms with E-state index >= 15 is 0 Å². The Morgan fingerprint density at radius 1 is 1.03 bits per heavy atom. The number of halogens is 6. The molecule has 4 heterocycles. The molecular weight excluding hydrogens is 532 g/mol. The Balaban J connectivity index is 0.000000301. The molecule has 3 atom stereocenters. The molecule has 4 rings (SSSR count). The molecule has 0 bridgehead atoms. The summed E-state index contributed by atoms with van der Waals surface area (Å²) in [5, 5.41) is 26.3. The molecule has 3 N–H and O–H groups in total. The van der Waals surface area contributed by atoms with Crippen molar-refractivity contribution in [2.75, 3.05) is 36.5 Å². The van der Waals surface area contributed by atoms with Crippen LogP contribution in [-0.2, 0) is 14.3 Å². The third-order valence-corrected chi connectivity index (χ3v) is 5.12. The topological polar surface area (TPSA) is 174 Å². The van der Waals surface area contributed by atoms with E-state index in [-0.39, 0.29) is 11.9 Å². The summed E-state index contributed by atoms with van der Waals surface area (Å²) in [7, 11) is 0. The number of carboxylic acids is 2. The van der Waals surface area contributed by atoms with Gasteiger partial charge in [-0.1, -0.05) is 0 Å². The van der Waals surface area contributed by atoms with Gasteiger partial charge in [0, 0.05) is 43.9 Å². The Hall–Kier alpha value is -4.27. The van der Waals surface area contributed by atoms with Crippen LogP contribution < -0.4 is 10.2 Å². The summed E-state index contributed by atoms with van der Waals surface area (Å²) in [5.74, 6) is -3.80. The van der Waals surface area contributed by atoms with Gasteiger partial charge < -0.3 is 25.2 Å². The molecule has 0 unspecified atom stereocenters. The van der Waals surface area contributed by atoms with Gasteiger partial charge in [0.05, 0.1) is 30.8 Å². The summed E-state index contributed by atoms with van der Waals surface area (Å²) in [4.78, 5) is 36.5. The van der Waals surface area contributed by atoms with Crippen molar-refractivity contribution in [2.45, 2.75) is 18.5 Å². The molecule has 0 spiro atoms. The van der Waals surface area contributed by atoms with E-state index in [0.717, 1.165) is 31.9 Å². The van der Waals surface area contributed by atoms with Crippen molar-refractivity contribution in [1.29, 1.82) is 5.26 Å². The van der Waals surface area contributed by atoms with Crippen molar-refractivity contribution in [2.24, 2.45) is 11.8 Å². The smallest absolute Gasteiger partial charge is 0.475 e. The molecule has 0 radical (unpaired) electrons. The van der Waals surface area contributed by atoms with E-state index in [9.17, 15) is 26.3 Å². The Labute approximate surface area is 209 Å². The van der Waals surface area contributed by atoms with Crippen molar-refractivity contribution in [3.8, 4) is 6.07 Å². The fourth-order valence-corrected chi connectivity index (χ4v) is 3.38. The predicted octanol–water partition coefficient (Wildman–Crippen LogP) is 1.97. The van der Waals surface area contributed by atoms with Crippen LogP contribution in [0.4, 0.5) is 38.0 Å². The van der Waals surface area contributed by atoms with Gasteiger partial charge in [0.15, 0.2) is 0 Å². The maximum absolute atomic E-state index is 10.6. The number of hydrogen-bond donors (Lipinski definition) is 3. The fourth-order valence-electron chi connectivity index (χ4n) is 3.38. The standard InChI is InChI=1S/C16H17N7O.2C2HF3O2/c17-4-15-20-6-12(7-21-15)23-8-13-11(10-24-14(13)9-23)5-22-16-18-2-1-3-19-16;2*3-2(4,5)1(6)7/h1-3,6-7,11,13-14H,5,8-10H2,(H,18,19,22);2*(H,6,7)/t11-,13+,14+;;/m0../s1. The average molecular weight is 551 g/mol. The number of nitriles is 1. The first-order valence-corrected chi connectivity index (χ1v) is 10.4. The van der Waals surface area contributed by atoms with Crippen LogP contribution in [0.2, 0.25) is 0 Å². The van der Waals surface area contributed by atoms with Crippen molar-refractivity contribution in [3.05, 3.63) is 36.7 Å². The number of rotatable bonds is 4. The van der Waals surface area contributed by atoms with E-state index in [2.05, 4.69) is 30.2 Å². The zero-order valence-electron chi connectivity index (χ0n) is 19.0. The lowest BCUT2D eigenvalue weighted by atomic mass is 9.93. The van der Waals surface area contributed by atoms with E-state index in [4.69, 9.17) is 29.8 Å². The molecule has 2 aromatic heterocycles. The second-order valence-corrected chi connectivity index (χ2v) is 7.64. The van der Waals surface area contributed by atoms with Crippen LogP contribution in [0.1, 0.15) is 5.82 Å². The largest absolute Gasteiger partial charge is 0.490 e. The minimum Gasteiger partial charge on any atom is -0.475 e. The molecule has 0 aliphatic carbocycles. The predicted molar refractivity (Wildman–Crippen MR) is 114 cm³/mol. The number of nitrogens with zero attached hydrogens (tertiary/aromatic N) is 6. The molecule has 0 saturated carbocycles. The number of ether oxygens (including phenoxy) is 1. The molecule has 0 amide bonds. The highest BCUT2D eigenvalue weighted by Crippen LogP contribution is 2.35. The van der Waals surface area contributed by atoms with Gasteiger partial charge in [-0.25, -0.2) is 29.5 Å². The molecule has 18 heteroatoms. The zero-order valence-corrected chi connectivity index (χ0v) is 19.0. The molecule has 2 fully saturated rings. The van der Waals surface area contributed by atoms with Crippen LogP contribution >= 0.6 is 0 Å². The number of fused-ring (bicyclic) bond motifs is 1. The third kappa shape index (κ3) is 8.99. The maximum Gasteiger partial charge on any atom is 0.490 e. The molecule has 2 aliphatic heterocycles. The summed E-state index contributed by atoms with van der Waals surface area (Å²) in [6.07, 6.45) is -3.07. The second kappa shape index (κ2) is 12.8. The van der Waals surface area contributed by atoms with Gasteiger partial charge in [-0.05, 0) is 6.07 Å². The van der Waals surface area contributed by atoms with Crippen LogP contribution in [0.3, 0.4) is 0 Å². The summed E-state index contributed by atoms with van der Waals surface area (Å²) >= 11 is 0. The number of anilines is 2. The molecule has 2 aliphatic rings. The molecule has 38 heavy (non-hydrogen) atoms. The van der Waals surface area contributed by atoms with Crippen molar-refractivity contribution >= 4 is 23.6 Å². The number of hydrogen-bond acceptors (Lipinski definition) is 10. The number of aromatic nitrogens is 4. The number of carboxylic acid groups (broad SMARTS) is 2. The van der Waals surface area contributed by atoms with E-state index < -0.39 is 24.3 Å². The lowest BCUT2D eigenvalue weighted by Gasteiger charge is -2.21. The normalized spacial score (nSPS) is 20.1. The van der Waals surface area contributed by atoms with E-state index in [1.165, 1.54) is 0 Å². The van der Waals surface area contributed by atoms with E-state index in [1.807, 2.05) is 6.07 Å². The lowest BCUT2D eigenvalue weighted by Crippen LogP contribution is -2.27. The molecule has 0 aromatic carbocycles. The number of alkyl halides is 6. The quantitative estimate of drug-likeness (QED) is 0.472. The van der Waals surface area contributed by atoms with Gasteiger partial charge in [-0.15, -0.1) is 0 Å². The Morgan fingerprint density at radius 2 is 1.55 bits per heavy atom. The van der Waals surface area contributed by atoms with Crippen LogP contribution in [0.15, 0.2) is 30.9 Å². The highest BCUT2D eigenvalue weighted by molar-refractivity contribution is 5.73. The van der Waals surface area contributed by atoms with E-state index in [1.54, 1.807) is 30.9 Å². The molecular formula is C20H19F6N7O5. The number of nitrogens with one attached hydrogen (secondary N) is 1. The summed E-state index contributed by atoms with van der Waals surface area (Å²) in [6.45, 7) is 3.29. The minimum atomic E-state index is -5.08. The van der Waals surface area contributed by atoms with Gasteiger partial charge >= 0.3 is 24.3 Å². The van der Waals surface area contributed by atoms with Crippen molar-refractivity contribution in [1.82, 2.24) is 19.9 Å². The Morgan fingerprint density at radius 3 is 2.03 bits per heavy atom. The SMILES string of the molecule is N#Cc1ncc(N2C[C@@H]3[C@@H](CNc4ncccn4)CO[C@@H]3C2)cn1.O=C(O)C(F)(F)F.O=C(O)C(F)(F)F. The van der Waals surface area contributed by atoms with Gasteiger partial charge in [0.2, 0.25) is 11.8 Å². The van der Waals surface area contributed by atoms with Crippen molar-refractivity contribution < 1.29 is 50.9 Å². The lowest BCUT2D eigenvalue weighted by molar-refractivity contribution is -0.193. The molecule has 2 saturated heterocycles. The average Bonchev–Trinajstić information content (AvgIpc) is 3.44. The first-order chi connectivity index (χ1) is 17.7. The monoisotopic (exact) mass is 551 g/mol. The Kier molecular flexibility index (Phi) is 10.1. The zero-order chi connectivity index (χ0) is 28.5. The maximum atomic E-state index is 10.6.